The van der Waals surface area contributed by atoms with Crippen molar-refractivity contribution in [2.75, 3.05) is 6.26 Å². The van der Waals surface area contributed by atoms with Crippen molar-refractivity contribution in [1.82, 2.24) is 4.57 Å². The van der Waals surface area contributed by atoms with E-state index in [-0.39, 0.29) is 0 Å². The van der Waals surface area contributed by atoms with Crippen molar-refractivity contribution in [1.29, 1.82) is 0 Å². The highest BCUT2D eigenvalue weighted by Gasteiger charge is 2.06. The predicted octanol–water partition coefficient (Wildman–Crippen LogP) is 4.60. The molecule has 0 N–H and O–H groups in total. The zero-order valence-corrected chi connectivity index (χ0v) is 11.6. The summed E-state index contributed by atoms with van der Waals surface area (Å²) in [4.78, 5) is 1.32. The fourth-order valence-electron chi connectivity index (χ4n) is 2.10. The third-order valence-electron chi connectivity index (χ3n) is 3.03. The molecule has 0 radical (unpaired) electrons. The van der Waals surface area contributed by atoms with E-state index in [4.69, 9.17) is 0 Å². The fraction of sp³-hybridized carbons (Fsp3) is 0.333. The standard InChI is InChI=1S/C15H19NS/c1-4-11-16-12(2)5-10-15(16)13-6-8-14(17-3)9-7-13/h5-10H,4,11H2,1-3H3. The van der Waals surface area contributed by atoms with Crippen molar-refractivity contribution in [2.24, 2.45) is 0 Å². The molecule has 1 aromatic heterocycles. The van der Waals surface area contributed by atoms with E-state index in [1.165, 1.54) is 28.3 Å². The quantitative estimate of drug-likeness (QED) is 0.713. The van der Waals surface area contributed by atoms with Gasteiger partial charge in [-0.3, -0.25) is 0 Å². The second kappa shape index (κ2) is 5.46. The number of hydrogen-bond donors (Lipinski definition) is 0. The minimum absolute atomic E-state index is 1.10. The zero-order chi connectivity index (χ0) is 12.3. The van der Waals surface area contributed by atoms with Gasteiger partial charge in [0.15, 0.2) is 0 Å². The Labute approximate surface area is 108 Å². The van der Waals surface area contributed by atoms with Crippen molar-refractivity contribution in [3.8, 4) is 11.3 Å². The molecule has 0 atom stereocenters. The van der Waals surface area contributed by atoms with Gasteiger partial charge in [-0.2, -0.15) is 0 Å². The van der Waals surface area contributed by atoms with Gasteiger partial charge in [-0.15, -0.1) is 11.8 Å². The molecule has 0 unspecified atom stereocenters. The van der Waals surface area contributed by atoms with Crippen LogP contribution in [0.25, 0.3) is 11.3 Å². The summed E-state index contributed by atoms with van der Waals surface area (Å²) in [6.07, 6.45) is 3.28. The Morgan fingerprint density at radius 3 is 2.35 bits per heavy atom. The van der Waals surface area contributed by atoms with Gasteiger partial charge in [-0.25, -0.2) is 0 Å². The Balaban J connectivity index is 2.38. The van der Waals surface area contributed by atoms with Crippen molar-refractivity contribution < 1.29 is 0 Å². The zero-order valence-electron chi connectivity index (χ0n) is 10.7. The molecule has 2 rings (SSSR count). The van der Waals surface area contributed by atoms with Crippen LogP contribution < -0.4 is 0 Å². The lowest BCUT2D eigenvalue weighted by Gasteiger charge is -2.10. The van der Waals surface area contributed by atoms with Crippen LogP contribution in [0.5, 0.6) is 0 Å². The molecule has 0 saturated heterocycles. The Morgan fingerprint density at radius 1 is 1.06 bits per heavy atom. The van der Waals surface area contributed by atoms with E-state index in [1.807, 2.05) is 0 Å². The normalized spacial score (nSPS) is 10.8. The van der Waals surface area contributed by atoms with Crippen LogP contribution in [0.1, 0.15) is 19.0 Å². The Bertz CT molecular complexity index is 482. The van der Waals surface area contributed by atoms with Crippen LogP contribution >= 0.6 is 11.8 Å². The van der Waals surface area contributed by atoms with Crippen molar-refractivity contribution in [2.45, 2.75) is 31.7 Å². The van der Waals surface area contributed by atoms with Crippen molar-refractivity contribution >= 4 is 11.8 Å². The van der Waals surface area contributed by atoms with Crippen LogP contribution in [0.3, 0.4) is 0 Å². The van der Waals surface area contributed by atoms with Crippen molar-refractivity contribution in [3.63, 3.8) is 0 Å². The van der Waals surface area contributed by atoms with Crippen LogP contribution in [0.4, 0.5) is 0 Å². The van der Waals surface area contributed by atoms with E-state index in [2.05, 4.69) is 61.1 Å². The SMILES string of the molecule is CCCn1c(C)ccc1-c1ccc(SC)cc1. The van der Waals surface area contributed by atoms with Crippen molar-refractivity contribution in [3.05, 3.63) is 42.1 Å². The number of aromatic nitrogens is 1. The van der Waals surface area contributed by atoms with E-state index >= 15 is 0 Å². The minimum Gasteiger partial charge on any atom is -0.345 e. The third kappa shape index (κ3) is 2.58. The molecule has 90 valence electrons. The maximum atomic E-state index is 2.40. The number of nitrogens with zero attached hydrogens (tertiary/aromatic N) is 1. The monoisotopic (exact) mass is 245 g/mol. The Morgan fingerprint density at radius 2 is 1.76 bits per heavy atom. The largest absolute Gasteiger partial charge is 0.345 e. The van der Waals surface area contributed by atoms with Gasteiger partial charge in [0.05, 0.1) is 0 Å². The van der Waals surface area contributed by atoms with E-state index in [1.54, 1.807) is 11.8 Å². The van der Waals surface area contributed by atoms with E-state index in [9.17, 15) is 0 Å². The first-order chi connectivity index (χ1) is 8.26. The van der Waals surface area contributed by atoms with Gasteiger partial charge in [-0.1, -0.05) is 19.1 Å². The van der Waals surface area contributed by atoms with Crippen LogP contribution in [0, 0.1) is 6.92 Å². The maximum Gasteiger partial charge on any atom is 0.0482 e. The maximum absolute atomic E-state index is 2.40. The fourth-order valence-corrected chi connectivity index (χ4v) is 2.51. The van der Waals surface area contributed by atoms with E-state index < -0.39 is 0 Å². The number of rotatable bonds is 4. The summed E-state index contributed by atoms with van der Waals surface area (Å²) in [5.41, 5.74) is 3.98. The first kappa shape index (κ1) is 12.3. The summed E-state index contributed by atoms with van der Waals surface area (Å²) in [5.74, 6) is 0. The van der Waals surface area contributed by atoms with Gasteiger partial charge >= 0.3 is 0 Å². The lowest BCUT2D eigenvalue weighted by atomic mass is 10.1. The highest BCUT2D eigenvalue weighted by atomic mass is 32.2. The number of thioether (sulfide) groups is 1. The summed E-state index contributed by atoms with van der Waals surface area (Å²) in [6, 6.07) is 13.2. The molecule has 1 aromatic carbocycles. The molecule has 0 amide bonds. The highest BCUT2D eigenvalue weighted by molar-refractivity contribution is 7.98. The van der Waals surface area contributed by atoms with Gasteiger partial charge in [0.2, 0.25) is 0 Å². The van der Waals surface area contributed by atoms with E-state index in [0.29, 0.717) is 0 Å². The lowest BCUT2D eigenvalue weighted by molar-refractivity contribution is 0.672. The first-order valence-electron chi connectivity index (χ1n) is 6.06. The topological polar surface area (TPSA) is 4.93 Å². The van der Waals surface area contributed by atoms with Gasteiger partial charge in [0.25, 0.3) is 0 Å². The average molecular weight is 245 g/mol. The molecule has 1 nitrogen and oxygen atoms in total. The minimum atomic E-state index is 1.10. The van der Waals surface area contributed by atoms with Crippen LogP contribution in [-0.2, 0) is 6.54 Å². The molecule has 2 heteroatoms. The number of aryl methyl sites for hydroxylation is 1. The average Bonchev–Trinajstić information content (AvgIpc) is 2.72. The molecular formula is C15H19NS. The molecule has 17 heavy (non-hydrogen) atoms. The molecule has 0 aliphatic rings. The van der Waals surface area contributed by atoms with Crippen LogP contribution in [-0.4, -0.2) is 10.8 Å². The molecule has 0 spiro atoms. The molecule has 0 saturated carbocycles. The van der Waals surface area contributed by atoms with Crippen LogP contribution in [0.15, 0.2) is 41.3 Å². The Kier molecular flexibility index (Phi) is 3.95. The second-order valence-electron chi connectivity index (χ2n) is 4.24. The predicted molar refractivity (Wildman–Crippen MR) is 76.7 cm³/mol. The van der Waals surface area contributed by atoms with E-state index in [0.717, 1.165) is 6.54 Å². The molecular weight excluding hydrogens is 226 g/mol. The number of hydrogen-bond acceptors (Lipinski definition) is 1. The second-order valence-corrected chi connectivity index (χ2v) is 5.12. The lowest BCUT2D eigenvalue weighted by Crippen LogP contribution is -2.00. The summed E-state index contributed by atoms with van der Waals surface area (Å²) in [7, 11) is 0. The highest BCUT2D eigenvalue weighted by Crippen LogP contribution is 2.25. The first-order valence-corrected chi connectivity index (χ1v) is 7.29. The number of benzene rings is 1. The smallest absolute Gasteiger partial charge is 0.0482 e. The van der Waals surface area contributed by atoms with Gasteiger partial charge < -0.3 is 4.57 Å². The molecule has 0 aliphatic carbocycles. The summed E-state index contributed by atoms with van der Waals surface area (Å²) < 4.78 is 2.40. The molecule has 1 heterocycles. The summed E-state index contributed by atoms with van der Waals surface area (Å²) >= 11 is 1.79. The van der Waals surface area contributed by atoms with Gasteiger partial charge in [-0.05, 0) is 49.4 Å². The molecule has 2 aromatic rings. The molecule has 0 bridgehead atoms. The Hall–Kier alpha value is -1.15. The summed E-state index contributed by atoms with van der Waals surface area (Å²) in [6.45, 7) is 5.49. The van der Waals surface area contributed by atoms with Gasteiger partial charge in [0.1, 0.15) is 0 Å². The molecule has 0 aliphatic heterocycles. The summed E-state index contributed by atoms with van der Waals surface area (Å²) in [5, 5.41) is 0. The van der Waals surface area contributed by atoms with Crippen LogP contribution in [0.2, 0.25) is 0 Å². The molecule has 0 fully saturated rings. The third-order valence-corrected chi connectivity index (χ3v) is 3.78. The van der Waals surface area contributed by atoms with Gasteiger partial charge in [0, 0.05) is 22.8 Å².